The zero-order chi connectivity index (χ0) is 24.4. The van der Waals surface area contributed by atoms with Gasteiger partial charge in [0, 0.05) is 6.07 Å². The minimum Gasteiger partial charge on any atom is -0.473 e. The standard InChI is InChI=1S/C32H28N2O2/c1-5-13-25(14-6-1)23-35-30-22-21-29(32(34-30)36-24-26-15-7-2-8-16-26)33-31(27-17-9-3-10-18-27)28-19-11-4-12-20-28/h1-22,31,33H,23-24H2. The van der Waals surface area contributed by atoms with E-state index in [1.807, 2.05) is 84.9 Å². The van der Waals surface area contributed by atoms with Crippen molar-refractivity contribution in [1.29, 1.82) is 0 Å². The number of pyridine rings is 1. The molecule has 0 saturated carbocycles. The van der Waals surface area contributed by atoms with E-state index >= 15 is 0 Å². The summed E-state index contributed by atoms with van der Waals surface area (Å²) in [6, 6.07) is 44.7. The lowest BCUT2D eigenvalue weighted by atomic mass is 9.98. The molecule has 0 unspecified atom stereocenters. The lowest BCUT2D eigenvalue weighted by Crippen LogP contribution is -2.14. The summed E-state index contributed by atoms with van der Waals surface area (Å²) < 4.78 is 12.2. The molecular formula is C32H28N2O2. The minimum absolute atomic E-state index is 0.0654. The Morgan fingerprint density at radius 1 is 0.528 bits per heavy atom. The smallest absolute Gasteiger partial charge is 0.241 e. The highest BCUT2D eigenvalue weighted by atomic mass is 16.5. The van der Waals surface area contributed by atoms with Gasteiger partial charge in [-0.1, -0.05) is 121 Å². The van der Waals surface area contributed by atoms with Crippen LogP contribution in [0.1, 0.15) is 28.3 Å². The first-order valence-corrected chi connectivity index (χ1v) is 12.1. The van der Waals surface area contributed by atoms with Crippen molar-refractivity contribution in [2.45, 2.75) is 19.3 Å². The van der Waals surface area contributed by atoms with Crippen LogP contribution in [0.4, 0.5) is 5.69 Å². The Bertz CT molecular complexity index is 1310. The molecule has 4 nitrogen and oxygen atoms in total. The van der Waals surface area contributed by atoms with Gasteiger partial charge in [0.1, 0.15) is 13.2 Å². The number of rotatable bonds is 10. The molecule has 0 fully saturated rings. The summed E-state index contributed by atoms with van der Waals surface area (Å²) in [4.78, 5) is 4.74. The summed E-state index contributed by atoms with van der Waals surface area (Å²) >= 11 is 0. The molecule has 0 amide bonds. The molecule has 0 spiro atoms. The lowest BCUT2D eigenvalue weighted by Gasteiger charge is -2.23. The minimum atomic E-state index is -0.0654. The van der Waals surface area contributed by atoms with Crippen molar-refractivity contribution in [3.05, 3.63) is 156 Å². The summed E-state index contributed by atoms with van der Waals surface area (Å²) in [6.07, 6.45) is 0. The average Bonchev–Trinajstić information content (AvgIpc) is 2.96. The Kier molecular flexibility index (Phi) is 7.55. The molecule has 5 rings (SSSR count). The molecule has 178 valence electrons. The van der Waals surface area contributed by atoms with Crippen LogP contribution >= 0.6 is 0 Å². The number of benzene rings is 4. The largest absolute Gasteiger partial charge is 0.473 e. The fourth-order valence-corrected chi connectivity index (χ4v) is 3.99. The summed E-state index contributed by atoms with van der Waals surface area (Å²) in [6.45, 7) is 0.849. The maximum Gasteiger partial charge on any atom is 0.241 e. The molecule has 0 aliphatic heterocycles. The average molecular weight is 473 g/mol. The van der Waals surface area contributed by atoms with Gasteiger partial charge in [-0.2, -0.15) is 4.98 Å². The molecule has 0 bridgehead atoms. The monoisotopic (exact) mass is 472 g/mol. The number of hydrogen-bond donors (Lipinski definition) is 1. The van der Waals surface area contributed by atoms with E-state index in [9.17, 15) is 0 Å². The van der Waals surface area contributed by atoms with E-state index in [-0.39, 0.29) is 6.04 Å². The first kappa shape index (κ1) is 23.2. The molecule has 4 aromatic carbocycles. The van der Waals surface area contributed by atoms with Gasteiger partial charge in [0.2, 0.25) is 11.8 Å². The molecule has 1 N–H and O–H groups in total. The number of nitrogens with zero attached hydrogens (tertiary/aromatic N) is 1. The van der Waals surface area contributed by atoms with Crippen molar-refractivity contribution in [1.82, 2.24) is 4.98 Å². The molecule has 0 aliphatic rings. The third-order valence-electron chi connectivity index (χ3n) is 5.85. The second-order valence-corrected chi connectivity index (χ2v) is 8.45. The fraction of sp³-hybridized carbons (Fsp3) is 0.0938. The first-order chi connectivity index (χ1) is 17.8. The van der Waals surface area contributed by atoms with Crippen LogP contribution in [-0.4, -0.2) is 4.98 Å². The van der Waals surface area contributed by atoms with Crippen LogP contribution in [0, 0.1) is 0 Å². The molecule has 36 heavy (non-hydrogen) atoms. The van der Waals surface area contributed by atoms with Crippen LogP contribution in [0.2, 0.25) is 0 Å². The van der Waals surface area contributed by atoms with Gasteiger partial charge in [-0.25, -0.2) is 0 Å². The number of aromatic nitrogens is 1. The third-order valence-corrected chi connectivity index (χ3v) is 5.85. The zero-order valence-corrected chi connectivity index (χ0v) is 20.0. The number of nitrogens with one attached hydrogen (secondary N) is 1. The molecular weight excluding hydrogens is 444 g/mol. The first-order valence-electron chi connectivity index (χ1n) is 12.1. The van der Waals surface area contributed by atoms with Crippen molar-refractivity contribution in [2.24, 2.45) is 0 Å². The van der Waals surface area contributed by atoms with Crippen LogP contribution in [0.25, 0.3) is 0 Å². The van der Waals surface area contributed by atoms with E-state index in [0.29, 0.717) is 25.0 Å². The maximum atomic E-state index is 6.23. The van der Waals surface area contributed by atoms with Gasteiger partial charge in [0.25, 0.3) is 0 Å². The van der Waals surface area contributed by atoms with Crippen LogP contribution in [0.15, 0.2) is 133 Å². The topological polar surface area (TPSA) is 43.4 Å². The summed E-state index contributed by atoms with van der Waals surface area (Å²) in [7, 11) is 0. The normalized spacial score (nSPS) is 10.7. The van der Waals surface area contributed by atoms with E-state index in [1.54, 1.807) is 0 Å². The Morgan fingerprint density at radius 3 is 1.53 bits per heavy atom. The number of anilines is 1. The third kappa shape index (κ3) is 6.10. The second-order valence-electron chi connectivity index (χ2n) is 8.45. The van der Waals surface area contributed by atoms with Gasteiger partial charge in [0.15, 0.2) is 0 Å². The molecule has 0 radical (unpaired) electrons. The Labute approximate surface area is 212 Å². The molecule has 0 saturated heterocycles. The number of hydrogen-bond acceptors (Lipinski definition) is 4. The van der Waals surface area contributed by atoms with E-state index in [1.165, 1.54) is 0 Å². The lowest BCUT2D eigenvalue weighted by molar-refractivity contribution is 0.268. The van der Waals surface area contributed by atoms with E-state index in [2.05, 4.69) is 53.8 Å². The van der Waals surface area contributed by atoms with Crippen molar-refractivity contribution < 1.29 is 9.47 Å². The van der Waals surface area contributed by atoms with Gasteiger partial charge >= 0.3 is 0 Å². The van der Waals surface area contributed by atoms with Gasteiger partial charge < -0.3 is 14.8 Å². The van der Waals surface area contributed by atoms with Crippen molar-refractivity contribution in [3.63, 3.8) is 0 Å². The molecule has 1 aromatic heterocycles. The van der Waals surface area contributed by atoms with Gasteiger partial charge in [-0.15, -0.1) is 0 Å². The van der Waals surface area contributed by atoms with Gasteiger partial charge in [-0.05, 0) is 28.3 Å². The molecule has 0 atom stereocenters. The predicted octanol–water partition coefficient (Wildman–Crippen LogP) is 7.44. The van der Waals surface area contributed by atoms with Crippen LogP contribution < -0.4 is 14.8 Å². The van der Waals surface area contributed by atoms with Crippen LogP contribution in [0.5, 0.6) is 11.8 Å². The maximum absolute atomic E-state index is 6.23. The van der Waals surface area contributed by atoms with E-state index < -0.39 is 0 Å². The van der Waals surface area contributed by atoms with E-state index in [4.69, 9.17) is 14.5 Å². The molecule has 0 aliphatic carbocycles. The van der Waals surface area contributed by atoms with Gasteiger partial charge in [0.05, 0.1) is 11.7 Å². The SMILES string of the molecule is c1ccc(COc2ccc(NC(c3ccccc3)c3ccccc3)c(OCc3ccccc3)n2)cc1. The molecule has 5 aromatic rings. The van der Waals surface area contributed by atoms with Crippen LogP contribution in [0.3, 0.4) is 0 Å². The summed E-state index contributed by atoms with van der Waals surface area (Å²) in [5.74, 6) is 1.02. The highest BCUT2D eigenvalue weighted by Crippen LogP contribution is 2.33. The molecule has 1 heterocycles. The highest BCUT2D eigenvalue weighted by molar-refractivity contribution is 5.57. The highest BCUT2D eigenvalue weighted by Gasteiger charge is 2.17. The van der Waals surface area contributed by atoms with Gasteiger partial charge in [-0.3, -0.25) is 0 Å². The second kappa shape index (κ2) is 11.7. The number of ether oxygens (including phenoxy) is 2. The summed E-state index contributed by atoms with van der Waals surface area (Å²) in [5.41, 5.74) is 5.27. The zero-order valence-electron chi connectivity index (χ0n) is 20.0. The van der Waals surface area contributed by atoms with Crippen LogP contribution in [-0.2, 0) is 13.2 Å². The quantitative estimate of drug-likeness (QED) is 0.229. The fourth-order valence-electron chi connectivity index (χ4n) is 3.99. The van der Waals surface area contributed by atoms with Crippen molar-refractivity contribution >= 4 is 5.69 Å². The van der Waals surface area contributed by atoms with Crippen molar-refractivity contribution in [2.75, 3.05) is 5.32 Å². The summed E-state index contributed by atoms with van der Waals surface area (Å²) in [5, 5.41) is 3.67. The Morgan fingerprint density at radius 2 is 1.00 bits per heavy atom. The van der Waals surface area contributed by atoms with Crippen molar-refractivity contribution in [3.8, 4) is 11.8 Å². The Balaban J connectivity index is 1.43. The van der Waals surface area contributed by atoms with E-state index in [0.717, 1.165) is 27.9 Å². The Hall–Kier alpha value is -4.57. The molecule has 4 heteroatoms. The predicted molar refractivity (Wildman–Crippen MR) is 144 cm³/mol.